The maximum absolute atomic E-state index is 12.4. The Morgan fingerprint density at radius 3 is 2.72 bits per heavy atom. The summed E-state index contributed by atoms with van der Waals surface area (Å²) in [6.45, 7) is 5.77. The number of aromatic amines is 1. The van der Waals surface area contributed by atoms with Gasteiger partial charge in [0.15, 0.2) is 11.4 Å². The Balaban J connectivity index is 2.12. The molecule has 0 saturated heterocycles. The minimum Gasteiger partial charge on any atom is -0.344 e. The molecule has 2 aromatic heterocycles. The van der Waals surface area contributed by atoms with Gasteiger partial charge in [-0.1, -0.05) is 20.8 Å². The van der Waals surface area contributed by atoms with Gasteiger partial charge >= 0.3 is 0 Å². The second kappa shape index (κ2) is 3.64. The third-order valence-electron chi connectivity index (χ3n) is 3.32. The quantitative estimate of drug-likeness (QED) is 0.825. The van der Waals surface area contributed by atoms with Gasteiger partial charge in [-0.25, -0.2) is 9.97 Å². The number of rotatable bonds is 2. The van der Waals surface area contributed by atoms with Crippen molar-refractivity contribution in [2.75, 3.05) is 0 Å². The number of carbonyl (C=O) groups is 1. The van der Waals surface area contributed by atoms with Crippen molar-refractivity contribution in [3.63, 3.8) is 0 Å². The molecule has 1 saturated carbocycles. The van der Waals surface area contributed by atoms with E-state index in [-0.39, 0.29) is 5.78 Å². The Morgan fingerprint density at radius 1 is 1.39 bits per heavy atom. The number of Topliss-reactive ketones (excluding diaryl/α,β-unsaturated/α-hetero) is 1. The molecule has 0 atom stereocenters. The molecule has 0 aliphatic heterocycles. The zero-order chi connectivity index (χ0) is 12.9. The Kier molecular flexibility index (Phi) is 2.30. The van der Waals surface area contributed by atoms with E-state index in [1.807, 2.05) is 27.0 Å². The van der Waals surface area contributed by atoms with Crippen LogP contribution in [0.2, 0.25) is 0 Å². The van der Waals surface area contributed by atoms with Crippen molar-refractivity contribution in [3.05, 3.63) is 23.7 Å². The molecule has 1 N–H and O–H groups in total. The Bertz CT molecular complexity index is 617. The Labute approximate surface area is 106 Å². The number of nitrogens with one attached hydrogen (secondary N) is 1. The highest BCUT2D eigenvalue weighted by atomic mass is 16.1. The molecule has 1 aliphatic rings. The molecule has 0 bridgehead atoms. The van der Waals surface area contributed by atoms with Crippen molar-refractivity contribution < 1.29 is 4.79 Å². The van der Waals surface area contributed by atoms with Gasteiger partial charge < -0.3 is 4.98 Å². The SMILES string of the molecule is CC(C)(C)C(=O)c1c[nH]c2ncc(C3CC3)nc12. The summed E-state index contributed by atoms with van der Waals surface area (Å²) in [6, 6.07) is 0. The maximum Gasteiger partial charge on any atom is 0.171 e. The number of ketones is 1. The summed E-state index contributed by atoms with van der Waals surface area (Å²) in [5.74, 6) is 0.658. The largest absolute Gasteiger partial charge is 0.344 e. The molecule has 4 heteroatoms. The zero-order valence-electron chi connectivity index (χ0n) is 10.9. The summed E-state index contributed by atoms with van der Waals surface area (Å²) < 4.78 is 0. The first-order valence-corrected chi connectivity index (χ1v) is 6.35. The molecule has 0 radical (unpaired) electrons. The first-order valence-electron chi connectivity index (χ1n) is 6.35. The van der Waals surface area contributed by atoms with E-state index < -0.39 is 5.41 Å². The number of fused-ring (bicyclic) bond motifs is 1. The second-order valence-electron chi connectivity index (χ2n) is 6.05. The van der Waals surface area contributed by atoms with Gasteiger partial charge in [-0.3, -0.25) is 4.79 Å². The topological polar surface area (TPSA) is 58.6 Å². The van der Waals surface area contributed by atoms with Gasteiger partial charge in [0.2, 0.25) is 0 Å². The van der Waals surface area contributed by atoms with Crippen LogP contribution >= 0.6 is 0 Å². The van der Waals surface area contributed by atoms with Crippen LogP contribution in [0.25, 0.3) is 11.2 Å². The molecule has 1 aliphatic carbocycles. The Hall–Kier alpha value is -1.71. The van der Waals surface area contributed by atoms with E-state index in [1.165, 1.54) is 12.8 Å². The van der Waals surface area contributed by atoms with E-state index >= 15 is 0 Å². The van der Waals surface area contributed by atoms with Crippen molar-refractivity contribution in [1.82, 2.24) is 15.0 Å². The summed E-state index contributed by atoms with van der Waals surface area (Å²) in [5.41, 5.74) is 2.70. The second-order valence-corrected chi connectivity index (χ2v) is 6.05. The van der Waals surface area contributed by atoms with Crippen molar-refractivity contribution in [2.24, 2.45) is 5.41 Å². The van der Waals surface area contributed by atoms with Crippen LogP contribution in [-0.4, -0.2) is 20.7 Å². The number of hydrogen-bond donors (Lipinski definition) is 1. The number of carbonyl (C=O) groups excluding carboxylic acids is 1. The smallest absolute Gasteiger partial charge is 0.171 e. The highest BCUT2D eigenvalue weighted by molar-refractivity contribution is 6.08. The number of hydrogen-bond acceptors (Lipinski definition) is 3. The van der Waals surface area contributed by atoms with Crippen LogP contribution < -0.4 is 0 Å². The van der Waals surface area contributed by atoms with Crippen molar-refractivity contribution in [3.8, 4) is 0 Å². The molecular formula is C14H17N3O. The summed E-state index contributed by atoms with van der Waals surface area (Å²) in [6.07, 6.45) is 5.93. The molecule has 0 amide bonds. The molecule has 2 heterocycles. The van der Waals surface area contributed by atoms with E-state index in [4.69, 9.17) is 0 Å². The third-order valence-corrected chi connectivity index (χ3v) is 3.32. The number of aromatic nitrogens is 3. The van der Waals surface area contributed by atoms with Gasteiger partial charge in [0, 0.05) is 17.5 Å². The Morgan fingerprint density at radius 2 is 2.11 bits per heavy atom. The van der Waals surface area contributed by atoms with Crippen LogP contribution in [0, 0.1) is 5.41 Å². The lowest BCUT2D eigenvalue weighted by Crippen LogP contribution is -2.20. The molecule has 94 valence electrons. The highest BCUT2D eigenvalue weighted by Gasteiger charge is 2.29. The fraction of sp³-hybridized carbons (Fsp3) is 0.500. The molecular weight excluding hydrogens is 226 g/mol. The third kappa shape index (κ3) is 1.82. The van der Waals surface area contributed by atoms with Crippen molar-refractivity contribution >= 4 is 16.9 Å². The van der Waals surface area contributed by atoms with E-state index in [0.29, 0.717) is 17.1 Å². The van der Waals surface area contributed by atoms with Crippen molar-refractivity contribution in [1.29, 1.82) is 0 Å². The minimum atomic E-state index is -0.396. The van der Waals surface area contributed by atoms with Gasteiger partial charge in [0.25, 0.3) is 0 Å². The predicted octanol–water partition coefficient (Wildman–Crippen LogP) is 3.06. The average Bonchev–Trinajstić information content (AvgIpc) is 3.07. The van der Waals surface area contributed by atoms with Crippen LogP contribution in [0.15, 0.2) is 12.4 Å². The fourth-order valence-corrected chi connectivity index (χ4v) is 2.06. The minimum absolute atomic E-state index is 0.107. The lowest BCUT2D eigenvalue weighted by Gasteiger charge is -2.15. The standard InChI is InChI=1S/C14H17N3O/c1-14(2,3)12(18)9-6-15-13-11(9)17-10(7-16-13)8-4-5-8/h6-8H,4-5H2,1-3H3,(H,15,16). The molecule has 4 nitrogen and oxygen atoms in total. The van der Waals surface area contributed by atoms with Gasteiger partial charge in [0.05, 0.1) is 17.5 Å². The molecule has 0 spiro atoms. The maximum atomic E-state index is 12.4. The highest BCUT2D eigenvalue weighted by Crippen LogP contribution is 2.39. The predicted molar refractivity (Wildman–Crippen MR) is 69.6 cm³/mol. The normalized spacial score (nSPS) is 16.2. The van der Waals surface area contributed by atoms with E-state index in [1.54, 1.807) is 6.20 Å². The molecule has 2 aromatic rings. The zero-order valence-corrected chi connectivity index (χ0v) is 10.9. The number of nitrogens with zero attached hydrogens (tertiary/aromatic N) is 2. The molecule has 0 aromatic carbocycles. The fourth-order valence-electron chi connectivity index (χ4n) is 2.06. The van der Waals surface area contributed by atoms with Crippen LogP contribution in [-0.2, 0) is 0 Å². The number of H-pyrrole nitrogens is 1. The van der Waals surface area contributed by atoms with Crippen LogP contribution in [0.5, 0.6) is 0 Å². The first-order chi connectivity index (χ1) is 8.47. The first kappa shape index (κ1) is 11.4. The van der Waals surface area contributed by atoms with E-state index in [2.05, 4.69) is 15.0 Å². The van der Waals surface area contributed by atoms with Gasteiger partial charge in [-0.05, 0) is 12.8 Å². The monoisotopic (exact) mass is 243 g/mol. The summed E-state index contributed by atoms with van der Waals surface area (Å²) >= 11 is 0. The van der Waals surface area contributed by atoms with E-state index in [0.717, 1.165) is 11.2 Å². The van der Waals surface area contributed by atoms with Gasteiger partial charge in [-0.2, -0.15) is 0 Å². The van der Waals surface area contributed by atoms with Gasteiger partial charge in [-0.15, -0.1) is 0 Å². The van der Waals surface area contributed by atoms with Crippen molar-refractivity contribution in [2.45, 2.75) is 39.5 Å². The van der Waals surface area contributed by atoms with Crippen LogP contribution in [0.4, 0.5) is 0 Å². The molecule has 0 unspecified atom stereocenters. The lowest BCUT2D eigenvalue weighted by atomic mass is 9.87. The summed E-state index contributed by atoms with van der Waals surface area (Å²) in [5, 5.41) is 0. The van der Waals surface area contributed by atoms with E-state index in [9.17, 15) is 4.79 Å². The molecule has 3 rings (SSSR count). The van der Waals surface area contributed by atoms with Gasteiger partial charge in [0.1, 0.15) is 5.52 Å². The van der Waals surface area contributed by atoms with Crippen LogP contribution in [0.3, 0.4) is 0 Å². The molecule has 18 heavy (non-hydrogen) atoms. The summed E-state index contributed by atoms with van der Waals surface area (Å²) in [4.78, 5) is 24.4. The average molecular weight is 243 g/mol. The molecule has 1 fully saturated rings. The summed E-state index contributed by atoms with van der Waals surface area (Å²) in [7, 11) is 0. The lowest BCUT2D eigenvalue weighted by molar-refractivity contribution is 0.0860. The van der Waals surface area contributed by atoms with Crippen LogP contribution in [0.1, 0.15) is 55.6 Å².